The third kappa shape index (κ3) is 2.14. The van der Waals surface area contributed by atoms with Gasteiger partial charge < -0.3 is 5.73 Å². The molecule has 4 aromatic rings. The lowest BCUT2D eigenvalue weighted by Crippen LogP contribution is -2.10. The number of rotatable bonds is 2. The number of nitrogens with two attached hydrogens (primary N) is 1. The zero-order chi connectivity index (χ0) is 14.4. The van der Waals surface area contributed by atoms with E-state index in [1.54, 1.807) is 22.7 Å². The number of thiophene rings is 2. The van der Waals surface area contributed by atoms with Gasteiger partial charge in [0.2, 0.25) is 0 Å². The first-order chi connectivity index (χ1) is 10.3. The van der Waals surface area contributed by atoms with Crippen molar-refractivity contribution in [2.24, 2.45) is 5.73 Å². The molecular formula is C17H12BrNS2. The molecule has 4 rings (SSSR count). The fourth-order valence-electron chi connectivity index (χ4n) is 2.69. The Labute approximate surface area is 139 Å². The van der Waals surface area contributed by atoms with Gasteiger partial charge in [-0.2, -0.15) is 0 Å². The maximum atomic E-state index is 6.59. The molecule has 104 valence electrons. The van der Waals surface area contributed by atoms with Crippen molar-refractivity contribution < 1.29 is 0 Å². The maximum Gasteiger partial charge on any atom is 0.0580 e. The molecule has 0 bridgehead atoms. The first-order valence-electron chi connectivity index (χ1n) is 6.63. The number of hydrogen-bond donors (Lipinski definition) is 1. The predicted molar refractivity (Wildman–Crippen MR) is 97.4 cm³/mol. The molecule has 0 aliphatic carbocycles. The molecule has 21 heavy (non-hydrogen) atoms. The molecule has 4 heteroatoms. The van der Waals surface area contributed by atoms with Gasteiger partial charge in [0.25, 0.3) is 0 Å². The summed E-state index contributed by atoms with van der Waals surface area (Å²) >= 11 is 7.13. The molecule has 0 saturated heterocycles. The van der Waals surface area contributed by atoms with Crippen LogP contribution in [0.5, 0.6) is 0 Å². The van der Waals surface area contributed by atoms with Crippen LogP contribution in [0.1, 0.15) is 17.2 Å². The van der Waals surface area contributed by atoms with Gasteiger partial charge in [-0.3, -0.25) is 0 Å². The zero-order valence-corrected chi connectivity index (χ0v) is 14.3. The minimum atomic E-state index is -0.0794. The van der Waals surface area contributed by atoms with Crippen LogP contribution >= 0.6 is 38.6 Å². The Kier molecular flexibility index (Phi) is 3.34. The highest BCUT2D eigenvalue weighted by Gasteiger charge is 2.18. The summed E-state index contributed by atoms with van der Waals surface area (Å²) in [5, 5.41) is 6.89. The van der Waals surface area contributed by atoms with Crippen molar-refractivity contribution >= 4 is 58.8 Å². The largest absolute Gasteiger partial charge is 0.320 e. The first kappa shape index (κ1) is 13.5. The fraction of sp³-hybridized carbons (Fsp3) is 0.0588. The quantitative estimate of drug-likeness (QED) is 0.463. The van der Waals surface area contributed by atoms with Gasteiger partial charge in [0.15, 0.2) is 0 Å². The van der Waals surface area contributed by atoms with E-state index in [2.05, 4.69) is 69.2 Å². The molecule has 1 nitrogen and oxygen atoms in total. The minimum Gasteiger partial charge on any atom is -0.320 e. The zero-order valence-electron chi connectivity index (χ0n) is 11.0. The van der Waals surface area contributed by atoms with E-state index in [4.69, 9.17) is 5.73 Å². The van der Waals surface area contributed by atoms with Gasteiger partial charge in [-0.15, -0.1) is 22.7 Å². The summed E-state index contributed by atoms with van der Waals surface area (Å²) in [6, 6.07) is 14.7. The first-order valence-corrected chi connectivity index (χ1v) is 9.18. The van der Waals surface area contributed by atoms with Crippen LogP contribution in [0.2, 0.25) is 0 Å². The molecule has 1 unspecified atom stereocenters. The van der Waals surface area contributed by atoms with Crippen molar-refractivity contribution in [1.82, 2.24) is 0 Å². The Morgan fingerprint density at radius 2 is 1.57 bits per heavy atom. The standard InChI is InChI=1S/C17H12BrNS2/c18-14-6-3-5-11-13(9-21-17(11)14)16(19)12-8-20-15-7-2-1-4-10(12)15/h1-9,16H,19H2. The van der Waals surface area contributed by atoms with E-state index in [1.165, 1.54) is 31.3 Å². The van der Waals surface area contributed by atoms with Crippen molar-refractivity contribution in [2.45, 2.75) is 6.04 Å². The van der Waals surface area contributed by atoms with Crippen LogP contribution in [0, 0.1) is 0 Å². The van der Waals surface area contributed by atoms with Gasteiger partial charge in [-0.05, 0) is 60.7 Å². The van der Waals surface area contributed by atoms with Crippen molar-refractivity contribution in [2.75, 3.05) is 0 Å². The van der Waals surface area contributed by atoms with Crippen molar-refractivity contribution in [1.29, 1.82) is 0 Å². The molecule has 0 radical (unpaired) electrons. The fourth-order valence-corrected chi connectivity index (χ4v) is 5.35. The molecule has 0 aliphatic heterocycles. The van der Waals surface area contributed by atoms with E-state index in [0.717, 1.165) is 4.47 Å². The number of halogens is 1. The number of fused-ring (bicyclic) bond motifs is 2. The highest BCUT2D eigenvalue weighted by atomic mass is 79.9. The molecule has 0 spiro atoms. The van der Waals surface area contributed by atoms with Crippen LogP contribution in [0.15, 0.2) is 57.7 Å². The van der Waals surface area contributed by atoms with Gasteiger partial charge in [0.1, 0.15) is 0 Å². The van der Waals surface area contributed by atoms with Crippen LogP contribution < -0.4 is 5.73 Å². The van der Waals surface area contributed by atoms with Gasteiger partial charge in [-0.25, -0.2) is 0 Å². The topological polar surface area (TPSA) is 26.0 Å². The third-order valence-corrected chi connectivity index (χ3v) is 6.72. The van der Waals surface area contributed by atoms with Crippen molar-refractivity contribution in [3.8, 4) is 0 Å². The molecule has 1 atom stereocenters. The van der Waals surface area contributed by atoms with E-state index in [9.17, 15) is 0 Å². The molecule has 0 aliphatic rings. The summed E-state index contributed by atoms with van der Waals surface area (Å²) in [6.45, 7) is 0. The van der Waals surface area contributed by atoms with Gasteiger partial charge in [0, 0.05) is 13.9 Å². The summed E-state index contributed by atoms with van der Waals surface area (Å²) < 4.78 is 3.70. The number of benzene rings is 2. The van der Waals surface area contributed by atoms with Crippen LogP contribution in [-0.4, -0.2) is 0 Å². The smallest absolute Gasteiger partial charge is 0.0580 e. The second-order valence-corrected chi connectivity index (χ2v) is 7.62. The van der Waals surface area contributed by atoms with Gasteiger partial charge >= 0.3 is 0 Å². The van der Waals surface area contributed by atoms with E-state index in [0.29, 0.717) is 0 Å². The molecule has 2 aromatic heterocycles. The highest BCUT2D eigenvalue weighted by Crippen LogP contribution is 2.39. The lowest BCUT2D eigenvalue weighted by molar-refractivity contribution is 0.899. The average Bonchev–Trinajstić information content (AvgIpc) is 3.11. The number of hydrogen-bond acceptors (Lipinski definition) is 3. The molecule has 2 N–H and O–H groups in total. The lowest BCUT2D eigenvalue weighted by Gasteiger charge is -2.10. The van der Waals surface area contributed by atoms with Crippen LogP contribution in [0.25, 0.3) is 20.2 Å². The lowest BCUT2D eigenvalue weighted by atomic mass is 9.98. The van der Waals surface area contributed by atoms with Gasteiger partial charge in [0.05, 0.1) is 6.04 Å². The summed E-state index contributed by atoms with van der Waals surface area (Å²) in [4.78, 5) is 0. The molecule has 2 heterocycles. The van der Waals surface area contributed by atoms with Crippen molar-refractivity contribution in [3.05, 3.63) is 68.8 Å². The Hall–Kier alpha value is -1.20. The highest BCUT2D eigenvalue weighted by molar-refractivity contribution is 9.10. The molecule has 0 fully saturated rings. The SMILES string of the molecule is NC(c1csc2ccccc12)c1csc2c(Br)cccc12. The third-order valence-electron chi connectivity index (χ3n) is 3.76. The summed E-state index contributed by atoms with van der Waals surface area (Å²) in [6.07, 6.45) is 0. The molecule has 2 aromatic carbocycles. The van der Waals surface area contributed by atoms with Crippen LogP contribution in [0.4, 0.5) is 0 Å². The van der Waals surface area contributed by atoms with E-state index < -0.39 is 0 Å². The second kappa shape index (κ2) is 5.21. The minimum absolute atomic E-state index is 0.0794. The maximum absolute atomic E-state index is 6.59. The Bertz CT molecular complexity index is 938. The van der Waals surface area contributed by atoms with Gasteiger partial charge in [-0.1, -0.05) is 30.3 Å². The molecular weight excluding hydrogens is 362 g/mol. The van der Waals surface area contributed by atoms with E-state index >= 15 is 0 Å². The molecule has 0 amide bonds. The monoisotopic (exact) mass is 373 g/mol. The normalized spacial score (nSPS) is 13.0. The summed E-state index contributed by atoms with van der Waals surface area (Å²) in [7, 11) is 0. The summed E-state index contributed by atoms with van der Waals surface area (Å²) in [5.41, 5.74) is 9.01. The second-order valence-electron chi connectivity index (χ2n) is 4.97. The Balaban J connectivity index is 1.90. The average molecular weight is 374 g/mol. The van der Waals surface area contributed by atoms with E-state index in [-0.39, 0.29) is 6.04 Å². The van der Waals surface area contributed by atoms with Crippen molar-refractivity contribution in [3.63, 3.8) is 0 Å². The molecule has 0 saturated carbocycles. The van der Waals surface area contributed by atoms with E-state index in [1.807, 2.05) is 0 Å². The Morgan fingerprint density at radius 1 is 0.857 bits per heavy atom. The Morgan fingerprint density at radius 3 is 2.48 bits per heavy atom. The van der Waals surface area contributed by atoms with Crippen LogP contribution in [-0.2, 0) is 0 Å². The predicted octanol–water partition coefficient (Wildman–Crippen LogP) is 5.93. The van der Waals surface area contributed by atoms with Crippen LogP contribution in [0.3, 0.4) is 0 Å². The summed E-state index contributed by atoms with van der Waals surface area (Å²) in [5.74, 6) is 0.